The van der Waals surface area contributed by atoms with Gasteiger partial charge in [-0.3, -0.25) is 19.4 Å². The number of rotatable bonds is 3. The van der Waals surface area contributed by atoms with Crippen LogP contribution in [0.15, 0.2) is 36.7 Å². The number of piperidine rings is 1. The monoisotopic (exact) mass is 432 g/mol. The van der Waals surface area contributed by atoms with Crippen molar-refractivity contribution in [1.29, 1.82) is 0 Å². The summed E-state index contributed by atoms with van der Waals surface area (Å²) in [6.07, 6.45) is 4.01. The van der Waals surface area contributed by atoms with E-state index in [1.807, 2.05) is 13.8 Å². The summed E-state index contributed by atoms with van der Waals surface area (Å²) in [6.45, 7) is 4.19. The molecule has 158 valence electrons. The van der Waals surface area contributed by atoms with E-state index in [-0.39, 0.29) is 22.2 Å². The summed E-state index contributed by atoms with van der Waals surface area (Å²) in [6, 6.07) is 5.67. The maximum atomic E-state index is 13.7. The van der Waals surface area contributed by atoms with Crippen molar-refractivity contribution in [2.75, 3.05) is 11.9 Å². The number of nitrogens with zero attached hydrogens (tertiary/aromatic N) is 2. The zero-order chi connectivity index (χ0) is 22.1. The first-order valence-corrected chi connectivity index (χ1v) is 9.83. The van der Waals surface area contributed by atoms with Crippen LogP contribution in [0.4, 0.5) is 10.1 Å². The first kappa shape index (κ1) is 21.7. The van der Waals surface area contributed by atoms with Crippen LogP contribution in [0.1, 0.15) is 42.6 Å². The molecule has 1 aromatic carbocycles. The van der Waals surface area contributed by atoms with E-state index in [1.165, 1.54) is 35.5 Å². The lowest BCUT2D eigenvalue weighted by atomic mass is 9.79. The molecule has 2 atom stereocenters. The molecule has 1 aliphatic rings. The fraction of sp³-hybridized carbons (Fsp3) is 0.333. The van der Waals surface area contributed by atoms with Gasteiger partial charge in [0.1, 0.15) is 5.82 Å². The lowest BCUT2D eigenvalue weighted by Crippen LogP contribution is -2.55. The molecule has 0 unspecified atom stereocenters. The molecule has 3 N–H and O–H groups in total. The molecule has 9 heteroatoms. The van der Waals surface area contributed by atoms with Crippen LogP contribution in [0, 0.1) is 11.7 Å². The topological polar surface area (TPSA) is 105 Å². The minimum atomic E-state index is -0.869. The molecule has 0 saturated carbocycles. The number of halogens is 2. The summed E-state index contributed by atoms with van der Waals surface area (Å²) < 4.78 is 13.7. The van der Waals surface area contributed by atoms with Crippen molar-refractivity contribution < 1.29 is 18.8 Å². The number of amides is 3. The summed E-state index contributed by atoms with van der Waals surface area (Å²) in [5.74, 6) is -2.67. The number of anilines is 1. The maximum absolute atomic E-state index is 13.7. The van der Waals surface area contributed by atoms with Gasteiger partial charge in [0.15, 0.2) is 0 Å². The fourth-order valence-corrected chi connectivity index (χ4v) is 3.84. The van der Waals surface area contributed by atoms with Gasteiger partial charge in [-0.25, -0.2) is 4.39 Å². The molecule has 1 fully saturated rings. The second-order valence-corrected chi connectivity index (χ2v) is 8.15. The molecule has 30 heavy (non-hydrogen) atoms. The summed E-state index contributed by atoms with van der Waals surface area (Å²) >= 11 is 5.96. The molecule has 1 aliphatic heterocycles. The summed E-state index contributed by atoms with van der Waals surface area (Å²) in [5, 5.41) is 2.43. The Morgan fingerprint density at radius 2 is 2.03 bits per heavy atom. The molecule has 1 saturated heterocycles. The molecule has 2 heterocycles. The van der Waals surface area contributed by atoms with E-state index in [0.717, 1.165) is 6.42 Å². The number of hydrogen-bond donors (Lipinski definition) is 2. The number of aromatic nitrogens is 1. The number of nitrogens with one attached hydrogen (secondary N) is 1. The van der Waals surface area contributed by atoms with Crippen LogP contribution in [-0.2, 0) is 15.1 Å². The van der Waals surface area contributed by atoms with E-state index >= 15 is 0 Å². The van der Waals surface area contributed by atoms with E-state index < -0.39 is 29.1 Å². The van der Waals surface area contributed by atoms with Gasteiger partial charge < -0.3 is 16.0 Å². The van der Waals surface area contributed by atoms with Crippen molar-refractivity contribution in [2.24, 2.45) is 11.7 Å². The standard InChI is InChI=1S/C21H22ClFN4O3/c1-12-5-6-21(2,14-3-4-17(23)16(22)8-14)27(11-12)20(30)19(29)26-15-7-13(18(24)28)9-25-10-15/h3-4,7-10,12H,5-6,11H2,1-2H3,(H2,24,28)(H,26,29)/t12-,21-/m0/s1. The van der Waals surface area contributed by atoms with Crippen LogP contribution in [0.3, 0.4) is 0 Å². The third-order valence-electron chi connectivity index (χ3n) is 5.48. The third kappa shape index (κ3) is 4.28. The van der Waals surface area contributed by atoms with Crippen molar-refractivity contribution >= 4 is 35.0 Å². The van der Waals surface area contributed by atoms with Crippen molar-refractivity contribution in [3.63, 3.8) is 0 Å². The van der Waals surface area contributed by atoms with Crippen LogP contribution in [0.2, 0.25) is 5.02 Å². The number of primary amides is 1. The Labute approximate surface area is 178 Å². The highest BCUT2D eigenvalue weighted by molar-refractivity contribution is 6.39. The van der Waals surface area contributed by atoms with Gasteiger partial charge in [0.2, 0.25) is 5.91 Å². The maximum Gasteiger partial charge on any atom is 0.313 e. The second kappa shape index (κ2) is 8.39. The Kier molecular flexibility index (Phi) is 6.07. The Morgan fingerprint density at radius 3 is 2.70 bits per heavy atom. The first-order valence-electron chi connectivity index (χ1n) is 9.45. The highest BCUT2D eigenvalue weighted by Crippen LogP contribution is 2.40. The zero-order valence-electron chi connectivity index (χ0n) is 16.6. The molecule has 7 nitrogen and oxygen atoms in total. The largest absolute Gasteiger partial charge is 0.366 e. The van der Waals surface area contributed by atoms with E-state index in [4.69, 9.17) is 17.3 Å². The normalized spacial score (nSPS) is 21.2. The SMILES string of the molecule is C[C@H]1CC[C@@](C)(c2ccc(F)c(Cl)c2)N(C(=O)C(=O)Nc2cncc(C(N)=O)c2)C1. The molecule has 3 amide bonds. The van der Waals surface area contributed by atoms with E-state index in [2.05, 4.69) is 10.3 Å². The molecular weight excluding hydrogens is 411 g/mol. The molecule has 3 rings (SSSR count). The van der Waals surface area contributed by atoms with Gasteiger partial charge in [0.05, 0.1) is 28.0 Å². The molecule has 0 bridgehead atoms. The summed E-state index contributed by atoms with van der Waals surface area (Å²) in [4.78, 5) is 42.5. The van der Waals surface area contributed by atoms with Gasteiger partial charge in [0.25, 0.3) is 0 Å². The number of hydrogen-bond acceptors (Lipinski definition) is 4. The van der Waals surface area contributed by atoms with Crippen LogP contribution in [0.5, 0.6) is 0 Å². The Bertz CT molecular complexity index is 1020. The fourth-order valence-electron chi connectivity index (χ4n) is 3.66. The highest BCUT2D eigenvalue weighted by atomic mass is 35.5. The summed E-state index contributed by atoms with van der Waals surface area (Å²) in [7, 11) is 0. The molecule has 0 radical (unpaired) electrons. The predicted octanol–water partition coefficient (Wildman–Crippen LogP) is 3.09. The van der Waals surface area contributed by atoms with E-state index in [9.17, 15) is 18.8 Å². The minimum absolute atomic E-state index is 0.0430. The quantitative estimate of drug-likeness (QED) is 0.727. The molecule has 0 spiro atoms. The van der Waals surface area contributed by atoms with Crippen molar-refractivity contribution in [2.45, 2.75) is 32.2 Å². The number of nitrogens with two attached hydrogens (primary N) is 1. The number of carbonyl (C=O) groups is 3. The van der Waals surface area contributed by atoms with Gasteiger partial charge in [0, 0.05) is 12.7 Å². The van der Waals surface area contributed by atoms with Crippen molar-refractivity contribution in [1.82, 2.24) is 9.88 Å². The molecular formula is C21H22ClFN4O3. The number of likely N-dealkylation sites (tertiary alicyclic amines) is 1. The molecule has 0 aliphatic carbocycles. The van der Waals surface area contributed by atoms with Crippen LogP contribution >= 0.6 is 11.6 Å². The smallest absolute Gasteiger partial charge is 0.313 e. The summed E-state index contributed by atoms with van der Waals surface area (Å²) in [5.41, 5.74) is 5.34. The van der Waals surface area contributed by atoms with Gasteiger partial charge in [-0.05, 0) is 49.4 Å². The number of benzene rings is 1. The second-order valence-electron chi connectivity index (χ2n) is 7.74. The molecule has 2 aromatic rings. The first-order chi connectivity index (χ1) is 14.1. The predicted molar refractivity (Wildman–Crippen MR) is 110 cm³/mol. The van der Waals surface area contributed by atoms with E-state index in [0.29, 0.717) is 18.5 Å². The average Bonchev–Trinajstić information content (AvgIpc) is 2.71. The number of carbonyl (C=O) groups excluding carboxylic acids is 3. The minimum Gasteiger partial charge on any atom is -0.366 e. The van der Waals surface area contributed by atoms with Crippen molar-refractivity contribution in [3.05, 3.63) is 58.6 Å². The van der Waals surface area contributed by atoms with Crippen molar-refractivity contribution in [3.8, 4) is 0 Å². The highest BCUT2D eigenvalue weighted by Gasteiger charge is 2.43. The third-order valence-corrected chi connectivity index (χ3v) is 5.77. The Balaban J connectivity index is 1.88. The zero-order valence-corrected chi connectivity index (χ0v) is 17.4. The Hall–Kier alpha value is -3.00. The lowest BCUT2D eigenvalue weighted by molar-refractivity contribution is -0.150. The average molecular weight is 433 g/mol. The van der Waals surface area contributed by atoms with Gasteiger partial charge >= 0.3 is 11.8 Å². The Morgan fingerprint density at radius 1 is 1.30 bits per heavy atom. The van der Waals surface area contributed by atoms with Crippen LogP contribution in [-0.4, -0.2) is 34.2 Å². The number of pyridine rings is 1. The molecule has 1 aromatic heterocycles. The van der Waals surface area contributed by atoms with Gasteiger partial charge in [-0.15, -0.1) is 0 Å². The van der Waals surface area contributed by atoms with Crippen LogP contribution < -0.4 is 11.1 Å². The van der Waals surface area contributed by atoms with Gasteiger partial charge in [-0.2, -0.15) is 0 Å². The lowest BCUT2D eigenvalue weighted by Gasteiger charge is -2.47. The van der Waals surface area contributed by atoms with E-state index in [1.54, 1.807) is 6.07 Å². The van der Waals surface area contributed by atoms with Crippen LogP contribution in [0.25, 0.3) is 0 Å². The van der Waals surface area contributed by atoms with Gasteiger partial charge in [-0.1, -0.05) is 24.6 Å².